The lowest BCUT2D eigenvalue weighted by Crippen LogP contribution is -2.45. The highest BCUT2D eigenvalue weighted by Gasteiger charge is 2.33. The third-order valence-electron chi connectivity index (χ3n) is 4.47. The lowest BCUT2D eigenvalue weighted by Gasteiger charge is -2.30. The number of amides is 1. The van der Waals surface area contributed by atoms with Gasteiger partial charge in [0.25, 0.3) is 0 Å². The minimum absolute atomic E-state index is 0.0864. The van der Waals surface area contributed by atoms with Gasteiger partial charge in [0.1, 0.15) is 0 Å². The number of rotatable bonds is 7. The number of hydrogen-bond acceptors (Lipinski definition) is 5. The normalized spacial score (nSPS) is 22.4. The average Bonchev–Trinajstić information content (AvgIpc) is 3.04. The number of likely N-dealkylation sites (tertiary alicyclic amines) is 1. The fraction of sp³-hybridized carbons (Fsp3) is 0.688. The number of nitrogens with one attached hydrogen (secondary N) is 1. The molecule has 1 aliphatic rings. The Morgan fingerprint density at radius 2 is 2.32 bits per heavy atom. The molecule has 0 radical (unpaired) electrons. The van der Waals surface area contributed by atoms with Crippen LogP contribution < -0.4 is 5.32 Å². The molecule has 22 heavy (non-hydrogen) atoms. The molecule has 5 nitrogen and oxygen atoms in total. The van der Waals surface area contributed by atoms with Gasteiger partial charge in [0.15, 0.2) is 0 Å². The van der Waals surface area contributed by atoms with E-state index in [9.17, 15) is 4.79 Å². The van der Waals surface area contributed by atoms with Crippen LogP contribution in [0.3, 0.4) is 0 Å². The Morgan fingerprint density at radius 1 is 1.55 bits per heavy atom. The van der Waals surface area contributed by atoms with Crippen molar-refractivity contribution >= 4 is 17.2 Å². The second-order valence-corrected chi connectivity index (χ2v) is 7.43. The third-order valence-corrected chi connectivity index (χ3v) is 5.47. The van der Waals surface area contributed by atoms with Crippen molar-refractivity contribution in [2.45, 2.75) is 38.9 Å². The van der Waals surface area contributed by atoms with Gasteiger partial charge in [0.2, 0.25) is 5.91 Å². The van der Waals surface area contributed by atoms with Gasteiger partial charge in [-0.05, 0) is 39.4 Å². The summed E-state index contributed by atoms with van der Waals surface area (Å²) in [6.45, 7) is 7.12. The molecule has 0 spiro atoms. The fourth-order valence-electron chi connectivity index (χ4n) is 3.13. The van der Waals surface area contributed by atoms with Crippen LogP contribution in [-0.2, 0) is 11.3 Å². The highest BCUT2D eigenvalue weighted by molar-refractivity contribution is 7.11. The molecule has 0 saturated carbocycles. The van der Waals surface area contributed by atoms with E-state index < -0.39 is 0 Å². The lowest BCUT2D eigenvalue weighted by atomic mass is 10.1. The van der Waals surface area contributed by atoms with E-state index in [1.54, 1.807) is 11.3 Å². The maximum Gasteiger partial charge on any atom is 0.234 e. The molecule has 1 aromatic heterocycles. The number of hydrogen-bond donors (Lipinski definition) is 2. The zero-order chi connectivity index (χ0) is 16.1. The van der Waals surface area contributed by atoms with Crippen LogP contribution in [0.25, 0.3) is 0 Å². The molecule has 1 amide bonds. The van der Waals surface area contributed by atoms with Gasteiger partial charge in [-0.1, -0.05) is 0 Å². The summed E-state index contributed by atoms with van der Waals surface area (Å²) in [6.07, 6.45) is 1.05. The Morgan fingerprint density at radius 3 is 2.95 bits per heavy atom. The van der Waals surface area contributed by atoms with Gasteiger partial charge in [-0.15, -0.1) is 11.3 Å². The van der Waals surface area contributed by atoms with Crippen LogP contribution in [0.15, 0.2) is 12.1 Å². The molecule has 0 aromatic carbocycles. The second-order valence-electron chi connectivity index (χ2n) is 6.06. The van der Waals surface area contributed by atoms with Crippen LogP contribution in [0, 0.1) is 6.92 Å². The van der Waals surface area contributed by atoms with Crippen molar-refractivity contribution in [3.8, 4) is 0 Å². The van der Waals surface area contributed by atoms with Gasteiger partial charge in [-0.3, -0.25) is 14.6 Å². The quantitative estimate of drug-likeness (QED) is 0.787. The summed E-state index contributed by atoms with van der Waals surface area (Å²) < 4.78 is 0. The topological polar surface area (TPSA) is 55.8 Å². The van der Waals surface area contributed by atoms with Crippen molar-refractivity contribution in [3.05, 3.63) is 21.9 Å². The van der Waals surface area contributed by atoms with Crippen LogP contribution in [0.2, 0.25) is 0 Å². The van der Waals surface area contributed by atoms with Gasteiger partial charge in [-0.25, -0.2) is 0 Å². The highest BCUT2D eigenvalue weighted by atomic mass is 32.1. The summed E-state index contributed by atoms with van der Waals surface area (Å²) >= 11 is 1.72. The summed E-state index contributed by atoms with van der Waals surface area (Å²) in [5, 5.41) is 12.1. The molecule has 2 atom stereocenters. The molecule has 0 unspecified atom stereocenters. The number of likely N-dealkylation sites (N-methyl/N-ethyl adjacent to an activating group) is 1. The summed E-state index contributed by atoms with van der Waals surface area (Å²) in [5.41, 5.74) is 0. The van der Waals surface area contributed by atoms with Gasteiger partial charge in [-0.2, -0.15) is 0 Å². The standard InChI is InChI=1S/C16H27N3O2S/c1-12-4-5-14(22-12)10-17-16(21)11-19-7-6-15(13(19)2)18(3)8-9-20/h4-5,13,15,20H,6-11H2,1-3H3,(H,17,21)/t13-,15-/m1/s1. The fourth-order valence-corrected chi connectivity index (χ4v) is 3.96. The molecular weight excluding hydrogens is 298 g/mol. The number of aliphatic hydroxyl groups is 1. The molecule has 2 heterocycles. The van der Waals surface area contributed by atoms with E-state index in [4.69, 9.17) is 5.11 Å². The van der Waals surface area contributed by atoms with Crippen molar-refractivity contribution in [1.29, 1.82) is 0 Å². The van der Waals surface area contributed by atoms with Gasteiger partial charge in [0.05, 0.1) is 19.7 Å². The zero-order valence-electron chi connectivity index (χ0n) is 13.7. The van der Waals surface area contributed by atoms with Crippen LogP contribution in [0.5, 0.6) is 0 Å². The van der Waals surface area contributed by atoms with E-state index in [1.165, 1.54) is 9.75 Å². The van der Waals surface area contributed by atoms with Crippen LogP contribution in [-0.4, -0.2) is 66.2 Å². The Bertz CT molecular complexity index is 491. The largest absolute Gasteiger partial charge is 0.395 e. The molecule has 1 aromatic rings. The number of thiophene rings is 1. The van der Waals surface area contributed by atoms with Crippen LogP contribution in [0.1, 0.15) is 23.1 Å². The number of aliphatic hydroxyl groups excluding tert-OH is 1. The van der Waals surface area contributed by atoms with E-state index in [0.717, 1.165) is 13.0 Å². The molecule has 2 rings (SSSR count). The molecule has 1 saturated heterocycles. The van der Waals surface area contributed by atoms with E-state index >= 15 is 0 Å². The Labute approximate surface area is 136 Å². The van der Waals surface area contributed by atoms with Crippen molar-refractivity contribution < 1.29 is 9.90 Å². The van der Waals surface area contributed by atoms with Crippen LogP contribution >= 0.6 is 11.3 Å². The maximum absolute atomic E-state index is 12.1. The summed E-state index contributed by atoms with van der Waals surface area (Å²) in [5.74, 6) is 0.0864. The maximum atomic E-state index is 12.1. The predicted molar refractivity (Wildman–Crippen MR) is 90.1 cm³/mol. The first-order chi connectivity index (χ1) is 10.5. The molecule has 6 heteroatoms. The molecule has 1 fully saturated rings. The van der Waals surface area contributed by atoms with E-state index in [-0.39, 0.29) is 12.5 Å². The molecule has 124 valence electrons. The molecular formula is C16H27N3O2S. The summed E-state index contributed by atoms with van der Waals surface area (Å²) in [6, 6.07) is 4.90. The first-order valence-electron chi connectivity index (χ1n) is 7.88. The van der Waals surface area contributed by atoms with Crippen molar-refractivity contribution in [2.24, 2.45) is 0 Å². The van der Waals surface area contributed by atoms with Crippen molar-refractivity contribution in [1.82, 2.24) is 15.1 Å². The third kappa shape index (κ3) is 4.52. The van der Waals surface area contributed by atoms with Gasteiger partial charge < -0.3 is 10.4 Å². The minimum atomic E-state index is 0.0864. The Hall–Kier alpha value is -0.950. The highest BCUT2D eigenvalue weighted by Crippen LogP contribution is 2.21. The average molecular weight is 325 g/mol. The van der Waals surface area contributed by atoms with Crippen LogP contribution in [0.4, 0.5) is 0 Å². The van der Waals surface area contributed by atoms with Crippen molar-refractivity contribution in [3.63, 3.8) is 0 Å². The smallest absolute Gasteiger partial charge is 0.234 e. The lowest BCUT2D eigenvalue weighted by molar-refractivity contribution is -0.122. The van der Waals surface area contributed by atoms with E-state index in [0.29, 0.717) is 31.7 Å². The van der Waals surface area contributed by atoms with Crippen molar-refractivity contribution in [2.75, 3.05) is 33.3 Å². The first kappa shape index (κ1) is 17.4. The molecule has 0 aliphatic carbocycles. The zero-order valence-corrected chi connectivity index (χ0v) is 14.5. The molecule has 2 N–H and O–H groups in total. The second kappa shape index (κ2) is 8.06. The molecule has 0 bridgehead atoms. The number of aryl methyl sites for hydroxylation is 1. The summed E-state index contributed by atoms with van der Waals surface area (Å²) in [7, 11) is 2.04. The Balaban J connectivity index is 1.77. The van der Waals surface area contributed by atoms with E-state index in [1.807, 2.05) is 7.05 Å². The SMILES string of the molecule is Cc1ccc(CNC(=O)CN2CC[C@@H](N(C)CCO)[C@H]2C)s1. The Kier molecular flexibility index (Phi) is 6.37. The van der Waals surface area contributed by atoms with Gasteiger partial charge in [0, 0.05) is 34.9 Å². The monoisotopic (exact) mass is 325 g/mol. The van der Waals surface area contributed by atoms with E-state index in [2.05, 4.69) is 41.1 Å². The number of carbonyl (C=O) groups excluding carboxylic acids is 1. The predicted octanol–water partition coefficient (Wildman–Crippen LogP) is 1.06. The van der Waals surface area contributed by atoms with Gasteiger partial charge >= 0.3 is 0 Å². The minimum Gasteiger partial charge on any atom is -0.395 e. The molecule has 1 aliphatic heterocycles. The number of nitrogens with zero attached hydrogens (tertiary/aromatic N) is 2. The number of carbonyl (C=O) groups is 1. The first-order valence-corrected chi connectivity index (χ1v) is 8.70. The summed E-state index contributed by atoms with van der Waals surface area (Å²) in [4.78, 5) is 19.0.